The Morgan fingerprint density at radius 3 is 2.38 bits per heavy atom. The largest absolute Gasteiger partial charge is 0.480 e. The van der Waals surface area contributed by atoms with Gasteiger partial charge in [0.05, 0.1) is 9.79 Å². The molecule has 1 atom stereocenters. The molecule has 114 valence electrons. The fourth-order valence-corrected chi connectivity index (χ4v) is 3.24. The van der Waals surface area contributed by atoms with Crippen LogP contribution in [0, 0.1) is 12.3 Å². The molecule has 0 bridgehead atoms. The van der Waals surface area contributed by atoms with Crippen molar-refractivity contribution in [1.29, 1.82) is 0 Å². The number of aliphatic carboxylic acids is 1. The Morgan fingerprint density at radius 2 is 1.90 bits per heavy atom. The van der Waals surface area contributed by atoms with Crippen LogP contribution >= 0.6 is 0 Å². The predicted molar refractivity (Wildman–Crippen MR) is 73.0 cm³/mol. The van der Waals surface area contributed by atoms with Crippen molar-refractivity contribution in [3.63, 3.8) is 0 Å². The van der Waals surface area contributed by atoms with Crippen molar-refractivity contribution in [1.82, 2.24) is 4.72 Å². The van der Waals surface area contributed by atoms with Gasteiger partial charge >= 0.3 is 5.97 Å². The lowest BCUT2D eigenvalue weighted by Crippen LogP contribution is -2.40. The molecule has 0 aliphatic rings. The van der Waals surface area contributed by atoms with Gasteiger partial charge in [0.2, 0.25) is 20.0 Å². The van der Waals surface area contributed by atoms with Crippen molar-refractivity contribution in [3.05, 3.63) is 24.3 Å². The van der Waals surface area contributed by atoms with Crippen molar-refractivity contribution >= 4 is 26.0 Å². The minimum atomic E-state index is -4.26. The molecule has 4 N–H and O–H groups in total. The Balaban J connectivity index is 3.20. The van der Waals surface area contributed by atoms with Crippen LogP contribution in [0.25, 0.3) is 0 Å². The van der Waals surface area contributed by atoms with Crippen LogP contribution in [0.5, 0.6) is 0 Å². The van der Waals surface area contributed by atoms with Crippen molar-refractivity contribution in [2.24, 2.45) is 5.14 Å². The zero-order chi connectivity index (χ0) is 16.3. The molecular weight excluding hydrogens is 320 g/mol. The van der Waals surface area contributed by atoms with Gasteiger partial charge in [-0.15, -0.1) is 12.3 Å². The Labute approximate surface area is 122 Å². The SMILES string of the molecule is C#CCC(NS(=O)(=O)c1cccc(S(N)(=O)=O)c1)C(=O)O. The number of hydrogen-bond acceptors (Lipinski definition) is 5. The third kappa shape index (κ3) is 4.54. The monoisotopic (exact) mass is 332 g/mol. The summed E-state index contributed by atoms with van der Waals surface area (Å²) in [6.07, 6.45) is 4.60. The molecule has 8 nitrogen and oxygen atoms in total. The fraction of sp³-hybridized carbons (Fsp3) is 0.182. The van der Waals surface area contributed by atoms with Crippen LogP contribution in [0.15, 0.2) is 34.1 Å². The molecular formula is C11H12N2O6S2. The number of carboxylic acids is 1. The summed E-state index contributed by atoms with van der Waals surface area (Å²) in [5.41, 5.74) is 0. The third-order valence-corrected chi connectivity index (χ3v) is 4.74. The molecule has 0 saturated heterocycles. The molecule has 10 heteroatoms. The molecule has 1 rings (SSSR count). The van der Waals surface area contributed by atoms with Gasteiger partial charge in [-0.05, 0) is 18.2 Å². The van der Waals surface area contributed by atoms with Gasteiger partial charge in [-0.25, -0.2) is 22.0 Å². The van der Waals surface area contributed by atoms with E-state index in [1.54, 1.807) is 0 Å². The van der Waals surface area contributed by atoms with Crippen LogP contribution in [0.1, 0.15) is 6.42 Å². The maximum absolute atomic E-state index is 12.0. The van der Waals surface area contributed by atoms with E-state index in [2.05, 4.69) is 0 Å². The summed E-state index contributed by atoms with van der Waals surface area (Å²) in [4.78, 5) is 10.0. The van der Waals surface area contributed by atoms with Crippen LogP contribution in [0.3, 0.4) is 0 Å². The van der Waals surface area contributed by atoms with Crippen LogP contribution in [0.2, 0.25) is 0 Å². The van der Waals surface area contributed by atoms with Gasteiger partial charge in [0.15, 0.2) is 0 Å². The maximum Gasteiger partial charge on any atom is 0.322 e. The molecule has 1 aromatic carbocycles. The first-order valence-electron chi connectivity index (χ1n) is 5.39. The van der Waals surface area contributed by atoms with Crippen LogP contribution in [-0.2, 0) is 24.8 Å². The first-order valence-corrected chi connectivity index (χ1v) is 8.42. The second-order valence-corrected chi connectivity index (χ2v) is 7.22. The van der Waals surface area contributed by atoms with Gasteiger partial charge in [-0.2, -0.15) is 4.72 Å². The van der Waals surface area contributed by atoms with Gasteiger partial charge in [0.1, 0.15) is 6.04 Å². The highest BCUT2D eigenvalue weighted by Gasteiger charge is 2.25. The third-order valence-electron chi connectivity index (χ3n) is 2.36. The molecule has 0 fully saturated rings. The molecule has 0 heterocycles. The number of rotatable bonds is 6. The fourth-order valence-electron chi connectivity index (χ4n) is 1.37. The van der Waals surface area contributed by atoms with Crippen molar-refractivity contribution < 1.29 is 26.7 Å². The zero-order valence-corrected chi connectivity index (χ0v) is 12.2. The summed E-state index contributed by atoms with van der Waals surface area (Å²) in [7, 11) is -8.34. The van der Waals surface area contributed by atoms with E-state index in [0.29, 0.717) is 0 Å². The predicted octanol–water partition coefficient (Wildman–Crippen LogP) is -0.911. The summed E-state index contributed by atoms with van der Waals surface area (Å²) in [5, 5.41) is 13.8. The second-order valence-electron chi connectivity index (χ2n) is 3.94. The first-order chi connectivity index (χ1) is 9.58. The van der Waals surface area contributed by atoms with Crippen molar-refractivity contribution in [2.45, 2.75) is 22.3 Å². The van der Waals surface area contributed by atoms with Gasteiger partial charge < -0.3 is 5.11 Å². The summed E-state index contributed by atoms with van der Waals surface area (Å²) >= 11 is 0. The lowest BCUT2D eigenvalue weighted by Gasteiger charge is -2.12. The number of carboxylic acid groups (broad SMARTS) is 1. The average Bonchev–Trinajstić information content (AvgIpc) is 2.37. The second kappa shape index (κ2) is 6.23. The lowest BCUT2D eigenvalue weighted by molar-refractivity contribution is -0.138. The van der Waals surface area contributed by atoms with Crippen molar-refractivity contribution in [2.75, 3.05) is 0 Å². The Kier molecular flexibility index (Phi) is 5.08. The molecule has 21 heavy (non-hydrogen) atoms. The van der Waals surface area contributed by atoms with Gasteiger partial charge in [0.25, 0.3) is 0 Å². The average molecular weight is 332 g/mol. The highest BCUT2D eigenvalue weighted by molar-refractivity contribution is 7.90. The molecule has 1 aromatic rings. The molecule has 0 aromatic heterocycles. The number of carbonyl (C=O) groups is 1. The van der Waals surface area contributed by atoms with E-state index in [0.717, 1.165) is 18.2 Å². The van der Waals surface area contributed by atoms with E-state index in [1.165, 1.54) is 6.07 Å². The number of hydrogen-bond donors (Lipinski definition) is 3. The van der Waals surface area contributed by atoms with Crippen LogP contribution < -0.4 is 9.86 Å². The van der Waals surface area contributed by atoms with E-state index in [1.807, 2.05) is 10.6 Å². The summed E-state index contributed by atoms with van der Waals surface area (Å²) in [6, 6.07) is 2.70. The van der Waals surface area contributed by atoms with Gasteiger partial charge in [-0.3, -0.25) is 4.79 Å². The molecule has 0 aliphatic heterocycles. The first kappa shape index (κ1) is 17.1. The van der Waals surface area contributed by atoms with Gasteiger partial charge in [-0.1, -0.05) is 6.07 Å². The Hall–Kier alpha value is -1.93. The summed E-state index contributed by atoms with van der Waals surface area (Å²) < 4.78 is 48.3. The minimum Gasteiger partial charge on any atom is -0.480 e. The Bertz CT molecular complexity index is 792. The van der Waals surface area contributed by atoms with E-state index in [9.17, 15) is 21.6 Å². The standard InChI is InChI=1S/C11H12N2O6S2/c1-2-4-10(11(14)15)13-21(18,19)9-6-3-5-8(7-9)20(12,16)17/h1,3,5-7,10,13H,4H2,(H,14,15)(H2,12,16,17). The van der Waals surface area contributed by atoms with Crippen LogP contribution in [-0.4, -0.2) is 34.0 Å². The highest BCUT2D eigenvalue weighted by Crippen LogP contribution is 2.15. The molecule has 0 amide bonds. The number of nitrogens with one attached hydrogen (secondary N) is 1. The summed E-state index contributed by atoms with van der Waals surface area (Å²) in [5.74, 6) is 0.590. The smallest absolute Gasteiger partial charge is 0.322 e. The van der Waals surface area contributed by atoms with E-state index >= 15 is 0 Å². The minimum absolute atomic E-state index is 0.358. The van der Waals surface area contributed by atoms with Crippen LogP contribution in [0.4, 0.5) is 0 Å². The number of terminal acetylenes is 1. The molecule has 0 aliphatic carbocycles. The van der Waals surface area contributed by atoms with E-state index in [4.69, 9.17) is 16.7 Å². The number of primary sulfonamides is 1. The summed E-state index contributed by atoms with van der Waals surface area (Å²) in [6.45, 7) is 0. The zero-order valence-electron chi connectivity index (χ0n) is 10.6. The molecule has 0 radical (unpaired) electrons. The van der Waals surface area contributed by atoms with Gasteiger partial charge in [0, 0.05) is 6.42 Å². The topological polar surface area (TPSA) is 144 Å². The van der Waals surface area contributed by atoms with E-state index in [-0.39, 0.29) is 6.42 Å². The lowest BCUT2D eigenvalue weighted by atomic mass is 10.2. The number of sulfonamides is 2. The maximum atomic E-state index is 12.0. The normalized spacial score (nSPS) is 13.3. The molecule has 1 unspecified atom stereocenters. The molecule has 0 spiro atoms. The quantitative estimate of drug-likeness (QED) is 0.575. The highest BCUT2D eigenvalue weighted by atomic mass is 32.2. The number of benzene rings is 1. The number of nitrogens with two attached hydrogens (primary N) is 1. The van der Waals surface area contributed by atoms with Crippen molar-refractivity contribution in [3.8, 4) is 12.3 Å². The molecule has 0 saturated carbocycles. The Morgan fingerprint density at radius 1 is 1.33 bits per heavy atom. The van der Waals surface area contributed by atoms with E-state index < -0.39 is 41.8 Å².